The van der Waals surface area contributed by atoms with Gasteiger partial charge in [0.1, 0.15) is 5.66 Å². The molecule has 7 N–H and O–H groups in total. The van der Waals surface area contributed by atoms with E-state index >= 15 is 0 Å². The molecule has 130 valence electrons. The van der Waals surface area contributed by atoms with Gasteiger partial charge in [0.05, 0.1) is 4.90 Å². The molecule has 0 spiro atoms. The predicted octanol–water partition coefficient (Wildman–Crippen LogP) is 1.47. The zero-order valence-corrected chi connectivity index (χ0v) is 14.3. The van der Waals surface area contributed by atoms with Crippen molar-refractivity contribution in [3.63, 3.8) is 0 Å². The Labute approximate surface area is 146 Å². The average Bonchev–Trinajstić information content (AvgIpc) is 2.61. The highest BCUT2D eigenvalue weighted by atomic mass is 32.2. The third-order valence-electron chi connectivity index (χ3n) is 4.10. The van der Waals surface area contributed by atoms with E-state index in [9.17, 15) is 8.42 Å². The SMILES string of the molecule is NCC(N)(NS(=O)(=O)c1ccc(N)cc1)c1cccc2ccccc12. The van der Waals surface area contributed by atoms with Gasteiger partial charge in [0.15, 0.2) is 0 Å². The minimum absolute atomic E-state index is 0.0743. The van der Waals surface area contributed by atoms with Gasteiger partial charge in [-0.1, -0.05) is 42.5 Å². The van der Waals surface area contributed by atoms with Gasteiger partial charge in [-0.2, -0.15) is 4.72 Å². The molecule has 0 aliphatic heterocycles. The number of nitrogens with one attached hydrogen (secondary N) is 1. The van der Waals surface area contributed by atoms with Crippen molar-refractivity contribution in [2.24, 2.45) is 11.5 Å². The van der Waals surface area contributed by atoms with Gasteiger partial charge in [0.2, 0.25) is 10.0 Å². The number of rotatable bonds is 5. The van der Waals surface area contributed by atoms with Crippen LogP contribution in [0.5, 0.6) is 0 Å². The van der Waals surface area contributed by atoms with Gasteiger partial charge in [-0.15, -0.1) is 0 Å². The minimum Gasteiger partial charge on any atom is -0.399 e. The van der Waals surface area contributed by atoms with Crippen molar-refractivity contribution in [1.82, 2.24) is 4.72 Å². The topological polar surface area (TPSA) is 124 Å². The van der Waals surface area contributed by atoms with Crippen LogP contribution in [0.1, 0.15) is 5.56 Å². The number of benzene rings is 3. The molecular weight excluding hydrogens is 336 g/mol. The predicted molar refractivity (Wildman–Crippen MR) is 100 cm³/mol. The lowest BCUT2D eigenvalue weighted by Crippen LogP contribution is -2.57. The normalized spacial score (nSPS) is 14.3. The van der Waals surface area contributed by atoms with E-state index in [-0.39, 0.29) is 11.4 Å². The number of hydrogen-bond donors (Lipinski definition) is 4. The Morgan fingerprint density at radius 2 is 1.56 bits per heavy atom. The summed E-state index contributed by atoms with van der Waals surface area (Å²) >= 11 is 0. The summed E-state index contributed by atoms with van der Waals surface area (Å²) in [4.78, 5) is 0.0743. The van der Waals surface area contributed by atoms with E-state index in [1.54, 1.807) is 6.07 Å². The maximum absolute atomic E-state index is 12.7. The van der Waals surface area contributed by atoms with Crippen LogP contribution < -0.4 is 21.9 Å². The molecule has 0 aliphatic carbocycles. The second-order valence-corrected chi connectivity index (χ2v) is 7.56. The lowest BCUT2D eigenvalue weighted by molar-refractivity contribution is 0.421. The maximum Gasteiger partial charge on any atom is 0.242 e. The molecule has 0 fully saturated rings. The van der Waals surface area contributed by atoms with Crippen LogP contribution in [0.2, 0.25) is 0 Å². The highest BCUT2D eigenvalue weighted by Crippen LogP contribution is 2.26. The van der Waals surface area contributed by atoms with Gasteiger partial charge in [-0.3, -0.25) is 0 Å². The van der Waals surface area contributed by atoms with E-state index in [0.29, 0.717) is 11.3 Å². The first-order valence-corrected chi connectivity index (χ1v) is 9.21. The molecule has 1 atom stereocenters. The summed E-state index contributed by atoms with van der Waals surface area (Å²) in [5, 5.41) is 1.80. The average molecular weight is 356 g/mol. The van der Waals surface area contributed by atoms with Gasteiger partial charge in [0, 0.05) is 12.2 Å². The molecule has 0 saturated carbocycles. The highest BCUT2D eigenvalue weighted by Gasteiger charge is 2.33. The largest absolute Gasteiger partial charge is 0.399 e. The third kappa shape index (κ3) is 3.35. The fraction of sp³-hybridized carbons (Fsp3) is 0.111. The number of sulfonamides is 1. The molecule has 0 radical (unpaired) electrons. The van der Waals surface area contributed by atoms with Crippen LogP contribution in [0.25, 0.3) is 10.8 Å². The molecule has 1 unspecified atom stereocenters. The van der Waals surface area contributed by atoms with Gasteiger partial charge < -0.3 is 17.2 Å². The van der Waals surface area contributed by atoms with Gasteiger partial charge >= 0.3 is 0 Å². The van der Waals surface area contributed by atoms with E-state index in [1.807, 2.05) is 36.4 Å². The molecule has 25 heavy (non-hydrogen) atoms. The highest BCUT2D eigenvalue weighted by molar-refractivity contribution is 7.89. The molecule has 0 aromatic heterocycles. The van der Waals surface area contributed by atoms with E-state index in [2.05, 4.69) is 4.72 Å². The summed E-state index contributed by atoms with van der Waals surface area (Å²) in [7, 11) is -3.87. The summed E-state index contributed by atoms with van der Waals surface area (Å²) < 4.78 is 28.0. The van der Waals surface area contributed by atoms with E-state index in [1.165, 1.54) is 24.3 Å². The number of nitrogen functional groups attached to an aromatic ring is 1. The second kappa shape index (κ2) is 6.45. The van der Waals surface area contributed by atoms with Crippen LogP contribution in [0.15, 0.2) is 71.6 Å². The Morgan fingerprint density at radius 1 is 0.920 bits per heavy atom. The molecule has 6 nitrogen and oxygen atoms in total. The standard InChI is InChI=1S/C18H20N4O2S/c19-12-18(21,17-7-3-5-13-4-1-2-6-16(13)17)22-25(23,24)15-10-8-14(20)9-11-15/h1-11,22H,12,19-21H2. The van der Waals surface area contributed by atoms with Crippen molar-refractivity contribution in [2.45, 2.75) is 10.6 Å². The zero-order valence-electron chi connectivity index (χ0n) is 13.5. The van der Waals surface area contributed by atoms with Crippen molar-refractivity contribution < 1.29 is 8.42 Å². The van der Waals surface area contributed by atoms with Crippen molar-refractivity contribution in [3.8, 4) is 0 Å². The molecule has 0 amide bonds. The van der Waals surface area contributed by atoms with Crippen LogP contribution in [-0.4, -0.2) is 15.0 Å². The summed E-state index contributed by atoms with van der Waals surface area (Å²) in [5.74, 6) is 0. The molecule has 3 rings (SSSR count). The van der Waals surface area contributed by atoms with Gasteiger partial charge in [0.25, 0.3) is 0 Å². The number of nitrogens with two attached hydrogens (primary N) is 3. The lowest BCUT2D eigenvalue weighted by Gasteiger charge is -2.30. The van der Waals surface area contributed by atoms with E-state index < -0.39 is 15.7 Å². The molecule has 3 aromatic rings. The van der Waals surface area contributed by atoms with E-state index in [4.69, 9.17) is 17.2 Å². The van der Waals surface area contributed by atoms with Crippen molar-refractivity contribution in [1.29, 1.82) is 0 Å². The number of hydrogen-bond acceptors (Lipinski definition) is 5. The first kappa shape index (κ1) is 17.4. The summed E-state index contributed by atoms with van der Waals surface area (Å²) in [5.41, 5.74) is 17.5. The quantitative estimate of drug-likeness (QED) is 0.407. The van der Waals surface area contributed by atoms with Gasteiger partial charge in [-0.05, 0) is 40.6 Å². The van der Waals surface area contributed by atoms with Crippen LogP contribution in [-0.2, 0) is 15.7 Å². The Hall–Kier alpha value is -2.45. The Balaban J connectivity index is 2.07. The number of anilines is 1. The molecule has 0 aliphatic rings. The molecular formula is C18H20N4O2S. The monoisotopic (exact) mass is 356 g/mol. The lowest BCUT2D eigenvalue weighted by atomic mass is 9.95. The molecule has 7 heteroatoms. The van der Waals surface area contributed by atoms with Crippen LogP contribution >= 0.6 is 0 Å². The second-order valence-electron chi connectivity index (χ2n) is 5.88. The summed E-state index contributed by atoms with van der Waals surface area (Å²) in [6, 6.07) is 19.0. The van der Waals surface area contributed by atoms with Crippen molar-refractivity contribution in [2.75, 3.05) is 12.3 Å². The van der Waals surface area contributed by atoms with Gasteiger partial charge in [-0.25, -0.2) is 8.42 Å². The fourth-order valence-corrected chi connectivity index (χ4v) is 4.05. The van der Waals surface area contributed by atoms with Crippen LogP contribution in [0.4, 0.5) is 5.69 Å². The van der Waals surface area contributed by atoms with Crippen molar-refractivity contribution >= 4 is 26.5 Å². The van der Waals surface area contributed by atoms with Crippen molar-refractivity contribution in [3.05, 3.63) is 72.3 Å². The maximum atomic E-state index is 12.7. The minimum atomic E-state index is -3.87. The first-order chi connectivity index (χ1) is 11.9. The van der Waals surface area contributed by atoms with Crippen LogP contribution in [0, 0.1) is 0 Å². The summed E-state index contributed by atoms with van der Waals surface area (Å²) in [6.45, 7) is -0.102. The molecule has 0 bridgehead atoms. The zero-order chi connectivity index (χ0) is 18.1. The molecule has 3 aromatic carbocycles. The van der Waals surface area contributed by atoms with E-state index in [0.717, 1.165) is 10.8 Å². The third-order valence-corrected chi connectivity index (χ3v) is 5.62. The fourth-order valence-electron chi connectivity index (χ4n) is 2.77. The van der Waals surface area contributed by atoms with Crippen LogP contribution in [0.3, 0.4) is 0 Å². The first-order valence-electron chi connectivity index (χ1n) is 7.72. The molecule has 0 saturated heterocycles. The molecule has 0 heterocycles. The Kier molecular flexibility index (Phi) is 4.49. The Morgan fingerprint density at radius 3 is 2.24 bits per heavy atom. The number of fused-ring (bicyclic) bond motifs is 1. The Bertz CT molecular complexity index is 998. The summed E-state index contributed by atoms with van der Waals surface area (Å²) in [6.07, 6.45) is 0. The smallest absolute Gasteiger partial charge is 0.242 e.